The van der Waals surface area contributed by atoms with E-state index in [1.165, 1.54) is 0 Å². The number of furan rings is 2. The number of rotatable bonds is 5. The lowest BCUT2D eigenvalue weighted by atomic mass is 9.92. The second kappa shape index (κ2) is 10.8. The molecular formula is C45H30N2O2. The third-order valence-electron chi connectivity index (χ3n) is 9.74. The average molecular weight is 631 g/mol. The van der Waals surface area contributed by atoms with E-state index in [0.29, 0.717) is 0 Å². The molecule has 0 spiro atoms. The first-order valence-corrected chi connectivity index (χ1v) is 16.8. The van der Waals surface area contributed by atoms with Crippen molar-refractivity contribution in [1.82, 2.24) is 9.55 Å². The minimum atomic E-state index is 0.842. The fourth-order valence-electron chi connectivity index (χ4n) is 7.36. The number of aryl methyl sites for hydroxylation is 1. The van der Waals surface area contributed by atoms with E-state index in [1.807, 2.05) is 24.3 Å². The summed E-state index contributed by atoms with van der Waals surface area (Å²) < 4.78 is 14.6. The summed E-state index contributed by atoms with van der Waals surface area (Å²) in [6, 6.07) is 53.7. The molecular weight excluding hydrogens is 601 g/mol. The van der Waals surface area contributed by atoms with Crippen molar-refractivity contribution in [2.24, 2.45) is 0 Å². The van der Waals surface area contributed by atoms with Gasteiger partial charge in [0.15, 0.2) is 0 Å². The topological polar surface area (TPSA) is 44.1 Å². The Morgan fingerprint density at radius 3 is 1.59 bits per heavy atom. The van der Waals surface area contributed by atoms with Crippen LogP contribution in [0, 0.1) is 0 Å². The van der Waals surface area contributed by atoms with Gasteiger partial charge < -0.3 is 8.83 Å². The van der Waals surface area contributed by atoms with Crippen molar-refractivity contribution in [1.29, 1.82) is 0 Å². The zero-order valence-corrected chi connectivity index (χ0v) is 26.9. The lowest BCUT2D eigenvalue weighted by Crippen LogP contribution is -2.00. The lowest BCUT2D eigenvalue weighted by molar-refractivity contribution is 0.668. The number of hydrogen-bond donors (Lipinski definition) is 0. The smallest absolute Gasteiger partial charge is 0.135 e. The Bertz CT molecular complexity index is 2750. The summed E-state index contributed by atoms with van der Waals surface area (Å²) in [6.45, 7) is 2.16. The largest absolute Gasteiger partial charge is 0.456 e. The fourth-order valence-corrected chi connectivity index (χ4v) is 7.36. The Morgan fingerprint density at radius 2 is 0.980 bits per heavy atom. The van der Waals surface area contributed by atoms with Crippen molar-refractivity contribution in [3.05, 3.63) is 157 Å². The number of aromatic nitrogens is 2. The zero-order chi connectivity index (χ0) is 32.5. The molecule has 0 radical (unpaired) electrons. The van der Waals surface area contributed by atoms with Gasteiger partial charge in [-0.2, -0.15) is 0 Å². The highest BCUT2D eigenvalue weighted by atomic mass is 16.3. The van der Waals surface area contributed by atoms with Gasteiger partial charge in [0.05, 0.1) is 11.0 Å². The predicted molar refractivity (Wildman–Crippen MR) is 201 cm³/mol. The van der Waals surface area contributed by atoms with Crippen LogP contribution in [0.25, 0.3) is 94.0 Å². The third kappa shape index (κ3) is 4.49. The second-order valence-corrected chi connectivity index (χ2v) is 12.7. The Hall–Kier alpha value is -6.39. The van der Waals surface area contributed by atoms with Crippen LogP contribution in [-0.2, 0) is 6.42 Å². The highest BCUT2D eigenvalue weighted by molar-refractivity contribution is 6.07. The van der Waals surface area contributed by atoms with Gasteiger partial charge in [-0.15, -0.1) is 0 Å². The third-order valence-corrected chi connectivity index (χ3v) is 9.74. The van der Waals surface area contributed by atoms with E-state index in [2.05, 4.69) is 139 Å². The van der Waals surface area contributed by atoms with Crippen LogP contribution in [0.4, 0.5) is 0 Å². The summed E-state index contributed by atoms with van der Waals surface area (Å²) >= 11 is 0. The van der Waals surface area contributed by atoms with Gasteiger partial charge in [0.1, 0.15) is 28.2 Å². The van der Waals surface area contributed by atoms with E-state index >= 15 is 0 Å². The number of benzene rings is 7. The maximum Gasteiger partial charge on any atom is 0.135 e. The number of fused-ring (bicyclic) bond motifs is 7. The van der Waals surface area contributed by atoms with Crippen LogP contribution in [0.3, 0.4) is 0 Å². The van der Waals surface area contributed by atoms with Gasteiger partial charge in [0.2, 0.25) is 0 Å². The van der Waals surface area contributed by atoms with Gasteiger partial charge in [0.25, 0.3) is 0 Å². The fraction of sp³-hybridized carbons (Fsp3) is 0.0444. The van der Waals surface area contributed by atoms with Crippen molar-refractivity contribution in [2.75, 3.05) is 0 Å². The first kappa shape index (κ1) is 27.7. The van der Waals surface area contributed by atoms with E-state index < -0.39 is 0 Å². The molecule has 232 valence electrons. The van der Waals surface area contributed by atoms with Gasteiger partial charge in [-0.1, -0.05) is 79.7 Å². The Balaban J connectivity index is 1.18. The van der Waals surface area contributed by atoms with Gasteiger partial charge >= 0.3 is 0 Å². The van der Waals surface area contributed by atoms with E-state index in [-0.39, 0.29) is 0 Å². The molecule has 0 fully saturated rings. The number of nitrogens with zero attached hydrogens (tertiary/aromatic N) is 2. The Kier molecular flexibility index (Phi) is 6.12. The quantitative estimate of drug-likeness (QED) is 0.190. The Morgan fingerprint density at radius 1 is 0.449 bits per heavy atom. The van der Waals surface area contributed by atoms with E-state index in [0.717, 1.165) is 106 Å². The standard InChI is InChI=1S/C45H30N2O2/c1-2-45-46-39-14-5-6-15-40(39)47(45)34-11-9-10-28(25-34)31-22-32(29-18-20-43-37(26-29)35-12-3-7-16-41(35)48-43)24-33(23-31)30-19-21-44-38(27-30)36-13-4-8-17-42(36)49-44/h3-27H,2H2,1H3. The molecule has 3 aromatic heterocycles. The molecule has 0 bridgehead atoms. The van der Waals surface area contributed by atoms with Gasteiger partial charge in [-0.25, -0.2) is 4.98 Å². The van der Waals surface area contributed by atoms with E-state index in [9.17, 15) is 0 Å². The zero-order valence-electron chi connectivity index (χ0n) is 26.9. The Labute approximate surface area is 282 Å². The summed E-state index contributed by atoms with van der Waals surface area (Å²) in [5.74, 6) is 1.05. The van der Waals surface area contributed by atoms with Crippen molar-refractivity contribution in [3.63, 3.8) is 0 Å². The lowest BCUT2D eigenvalue weighted by Gasteiger charge is -2.14. The minimum absolute atomic E-state index is 0.842. The van der Waals surface area contributed by atoms with Gasteiger partial charge in [-0.3, -0.25) is 4.57 Å². The molecule has 0 aliphatic carbocycles. The van der Waals surface area contributed by atoms with Gasteiger partial charge in [-0.05, 0) is 112 Å². The molecule has 7 aromatic carbocycles. The molecule has 0 saturated carbocycles. The molecule has 10 rings (SSSR count). The van der Waals surface area contributed by atoms with Crippen LogP contribution in [0.15, 0.2) is 160 Å². The van der Waals surface area contributed by atoms with Crippen LogP contribution in [0.1, 0.15) is 12.7 Å². The van der Waals surface area contributed by atoms with Crippen LogP contribution < -0.4 is 0 Å². The highest BCUT2D eigenvalue weighted by Crippen LogP contribution is 2.39. The molecule has 3 heterocycles. The summed E-state index contributed by atoms with van der Waals surface area (Å²) in [4.78, 5) is 4.95. The maximum absolute atomic E-state index is 6.18. The number of hydrogen-bond acceptors (Lipinski definition) is 3. The van der Waals surface area contributed by atoms with Crippen molar-refractivity contribution >= 4 is 54.9 Å². The van der Waals surface area contributed by atoms with Gasteiger partial charge in [0, 0.05) is 33.7 Å². The molecule has 0 saturated heterocycles. The van der Waals surface area contributed by atoms with Crippen LogP contribution >= 0.6 is 0 Å². The summed E-state index contributed by atoms with van der Waals surface area (Å²) in [5, 5.41) is 4.49. The molecule has 0 atom stereocenters. The first-order valence-electron chi connectivity index (χ1n) is 16.8. The molecule has 4 heteroatoms. The van der Waals surface area contributed by atoms with Crippen molar-refractivity contribution in [3.8, 4) is 39.1 Å². The van der Waals surface area contributed by atoms with Crippen molar-refractivity contribution < 1.29 is 8.83 Å². The van der Waals surface area contributed by atoms with Crippen LogP contribution in [0.2, 0.25) is 0 Å². The number of para-hydroxylation sites is 4. The minimum Gasteiger partial charge on any atom is -0.456 e. The van der Waals surface area contributed by atoms with Crippen molar-refractivity contribution in [2.45, 2.75) is 13.3 Å². The van der Waals surface area contributed by atoms with E-state index in [1.54, 1.807) is 0 Å². The molecule has 49 heavy (non-hydrogen) atoms. The predicted octanol–water partition coefficient (Wildman–Crippen LogP) is 12.4. The van der Waals surface area contributed by atoms with Crippen LogP contribution in [-0.4, -0.2) is 9.55 Å². The number of imidazole rings is 1. The SMILES string of the molecule is CCc1nc2ccccc2n1-c1cccc(-c2cc(-c3ccc4oc5ccccc5c4c3)cc(-c3ccc4oc5ccccc5c4c3)c2)c1. The molecule has 10 aromatic rings. The van der Waals surface area contributed by atoms with E-state index in [4.69, 9.17) is 13.8 Å². The molecule has 0 unspecified atom stereocenters. The highest BCUT2D eigenvalue weighted by Gasteiger charge is 2.15. The molecule has 0 aliphatic heterocycles. The van der Waals surface area contributed by atoms with Crippen LogP contribution in [0.5, 0.6) is 0 Å². The summed E-state index contributed by atoms with van der Waals surface area (Å²) in [7, 11) is 0. The molecule has 0 N–H and O–H groups in total. The second-order valence-electron chi connectivity index (χ2n) is 12.7. The monoisotopic (exact) mass is 630 g/mol. The maximum atomic E-state index is 6.18. The average Bonchev–Trinajstić information content (AvgIpc) is 3.85. The normalized spacial score (nSPS) is 11.9. The summed E-state index contributed by atoms with van der Waals surface area (Å²) in [6.07, 6.45) is 0.842. The summed E-state index contributed by atoms with van der Waals surface area (Å²) in [5.41, 5.74) is 13.7. The molecule has 0 amide bonds. The first-order chi connectivity index (χ1) is 24.2. The molecule has 0 aliphatic rings. The molecule has 4 nitrogen and oxygen atoms in total.